The zero-order valence-corrected chi connectivity index (χ0v) is 16.7. The van der Waals surface area contributed by atoms with Gasteiger partial charge in [0.2, 0.25) is 0 Å². The molecule has 0 atom stereocenters. The van der Waals surface area contributed by atoms with E-state index in [0.29, 0.717) is 5.56 Å². The largest absolute Gasteiger partial charge is 0.322 e. The summed E-state index contributed by atoms with van der Waals surface area (Å²) in [5.41, 5.74) is 2.76. The number of carbonyl (C=O) groups is 1. The molecule has 1 aliphatic heterocycles. The molecule has 0 saturated carbocycles. The molecule has 0 aromatic heterocycles. The molecular weight excluding hydrogens is 395 g/mol. The molecule has 0 fully saturated rings. The second-order valence-corrected chi connectivity index (χ2v) is 6.29. The zero-order valence-electron chi connectivity index (χ0n) is 15.0. The number of Topliss-reactive ketones (excluding diaryl/α,β-unsaturated/α-hetero) is 1. The maximum Gasteiger partial charge on any atom is 0.182 e. The van der Waals surface area contributed by atoms with E-state index in [9.17, 15) is 9.18 Å². The number of carbonyl (C=O) groups excluding carboxylic acids is 1. The molecule has 0 spiro atoms. The van der Waals surface area contributed by atoms with Crippen molar-refractivity contribution >= 4 is 34.3 Å². The van der Waals surface area contributed by atoms with Crippen molar-refractivity contribution in [3.63, 3.8) is 0 Å². The first-order chi connectivity index (χ1) is 12.2. The van der Waals surface area contributed by atoms with Crippen LogP contribution in [0.3, 0.4) is 0 Å². The lowest BCUT2D eigenvalue weighted by atomic mass is 10.1. The number of rotatable bonds is 5. The van der Waals surface area contributed by atoms with Gasteiger partial charge in [0.1, 0.15) is 11.7 Å². The van der Waals surface area contributed by atoms with Crippen molar-refractivity contribution in [2.75, 3.05) is 18.0 Å². The summed E-state index contributed by atoms with van der Waals surface area (Å²) in [6, 6.07) is 14.0. The fourth-order valence-electron chi connectivity index (χ4n) is 3.02. The molecular formula is C21H24BrFN2O. The average Bonchev–Trinajstić information content (AvgIpc) is 2.67. The van der Waals surface area contributed by atoms with Crippen LogP contribution in [0.5, 0.6) is 0 Å². The van der Waals surface area contributed by atoms with Crippen LogP contribution >= 0.6 is 17.0 Å². The maximum absolute atomic E-state index is 13.1. The third-order valence-electron chi connectivity index (χ3n) is 4.54. The van der Waals surface area contributed by atoms with E-state index < -0.39 is 0 Å². The van der Waals surface area contributed by atoms with E-state index in [1.54, 1.807) is 12.1 Å². The molecule has 2 aromatic rings. The summed E-state index contributed by atoms with van der Waals surface area (Å²) < 4.78 is 13.1. The first-order valence-corrected chi connectivity index (χ1v) is 8.86. The molecule has 26 heavy (non-hydrogen) atoms. The predicted molar refractivity (Wildman–Crippen MR) is 110 cm³/mol. The molecule has 3 rings (SSSR count). The van der Waals surface area contributed by atoms with Gasteiger partial charge in [-0.1, -0.05) is 19.1 Å². The average molecular weight is 419 g/mol. The lowest BCUT2D eigenvalue weighted by Gasteiger charge is -2.28. The fraction of sp³-hybridized carbons (Fsp3) is 0.333. The molecule has 0 bridgehead atoms. The molecule has 1 aliphatic rings. The van der Waals surface area contributed by atoms with Gasteiger partial charge >= 0.3 is 0 Å². The number of benzene rings is 2. The van der Waals surface area contributed by atoms with E-state index in [0.717, 1.165) is 43.8 Å². The van der Waals surface area contributed by atoms with Gasteiger partial charge in [0, 0.05) is 24.2 Å². The van der Waals surface area contributed by atoms with Crippen molar-refractivity contribution in [3.05, 3.63) is 65.5 Å². The van der Waals surface area contributed by atoms with E-state index in [-0.39, 0.29) is 35.1 Å². The first kappa shape index (κ1) is 20.3. The number of amidine groups is 1. The van der Waals surface area contributed by atoms with Gasteiger partial charge in [0.25, 0.3) is 0 Å². The highest BCUT2D eigenvalue weighted by Crippen LogP contribution is 2.21. The van der Waals surface area contributed by atoms with Gasteiger partial charge in [0.05, 0.1) is 6.54 Å². The van der Waals surface area contributed by atoms with Crippen LogP contribution in [0.15, 0.2) is 53.5 Å². The molecule has 0 amide bonds. The minimum atomic E-state index is -0.333. The maximum atomic E-state index is 13.1. The Morgan fingerprint density at radius 2 is 1.77 bits per heavy atom. The van der Waals surface area contributed by atoms with Gasteiger partial charge in [-0.3, -0.25) is 9.79 Å². The van der Waals surface area contributed by atoms with Gasteiger partial charge in [-0.15, -0.1) is 17.0 Å². The SMILES string of the molecule is Br.CCc1ccc(N(CC(=O)c2ccc(F)cc2)C2=NCCCC2)cc1. The minimum absolute atomic E-state index is 0. The summed E-state index contributed by atoms with van der Waals surface area (Å²) in [4.78, 5) is 19.3. The van der Waals surface area contributed by atoms with E-state index in [4.69, 9.17) is 0 Å². The normalized spacial score (nSPS) is 13.5. The van der Waals surface area contributed by atoms with Crippen LogP contribution in [0.4, 0.5) is 10.1 Å². The van der Waals surface area contributed by atoms with E-state index in [2.05, 4.69) is 24.0 Å². The van der Waals surface area contributed by atoms with E-state index >= 15 is 0 Å². The molecule has 1 heterocycles. The second-order valence-electron chi connectivity index (χ2n) is 6.29. The Morgan fingerprint density at radius 3 is 2.35 bits per heavy atom. The lowest BCUT2D eigenvalue weighted by molar-refractivity contribution is 0.100. The van der Waals surface area contributed by atoms with Crippen LogP contribution in [0.2, 0.25) is 0 Å². The Kier molecular flexibility index (Phi) is 7.51. The summed E-state index contributed by atoms with van der Waals surface area (Å²) in [5, 5.41) is 0. The molecule has 0 radical (unpaired) electrons. The molecule has 2 aromatic carbocycles. The number of aryl methyl sites for hydroxylation is 1. The summed E-state index contributed by atoms with van der Waals surface area (Å²) >= 11 is 0. The van der Waals surface area contributed by atoms with Crippen molar-refractivity contribution in [2.45, 2.75) is 32.6 Å². The van der Waals surface area contributed by atoms with Gasteiger partial charge in [-0.2, -0.15) is 0 Å². The number of ketones is 1. The molecule has 0 saturated heterocycles. The number of nitrogens with zero attached hydrogens (tertiary/aromatic N) is 2. The van der Waals surface area contributed by atoms with Crippen molar-refractivity contribution in [1.82, 2.24) is 0 Å². The number of hydrogen-bond donors (Lipinski definition) is 0. The number of hydrogen-bond acceptors (Lipinski definition) is 3. The number of anilines is 1. The zero-order chi connectivity index (χ0) is 17.6. The predicted octanol–water partition coefficient (Wildman–Crippen LogP) is 5.24. The van der Waals surface area contributed by atoms with Gasteiger partial charge < -0.3 is 4.90 Å². The molecule has 0 aliphatic carbocycles. The highest BCUT2D eigenvalue weighted by atomic mass is 79.9. The second kappa shape index (κ2) is 9.62. The van der Waals surface area contributed by atoms with E-state index in [1.807, 2.05) is 17.0 Å². The van der Waals surface area contributed by atoms with Crippen molar-refractivity contribution < 1.29 is 9.18 Å². The number of halogens is 2. The van der Waals surface area contributed by atoms with Crippen LogP contribution in [0, 0.1) is 5.82 Å². The van der Waals surface area contributed by atoms with Gasteiger partial charge in [-0.25, -0.2) is 4.39 Å². The third-order valence-corrected chi connectivity index (χ3v) is 4.54. The van der Waals surface area contributed by atoms with Crippen LogP contribution < -0.4 is 4.90 Å². The lowest BCUT2D eigenvalue weighted by Crippen LogP contribution is -2.37. The monoisotopic (exact) mass is 418 g/mol. The Morgan fingerprint density at radius 1 is 1.08 bits per heavy atom. The summed E-state index contributed by atoms with van der Waals surface area (Å²) in [5.74, 6) is 0.596. The summed E-state index contributed by atoms with van der Waals surface area (Å²) in [6.45, 7) is 3.15. The molecule has 138 valence electrons. The Labute approximate surface area is 164 Å². The van der Waals surface area contributed by atoms with E-state index in [1.165, 1.54) is 17.7 Å². The Hall–Kier alpha value is -2.01. The standard InChI is InChI=1S/C21H23FN2O.BrH/c1-2-16-6-12-19(13-7-16)24(21-5-3-4-14-23-21)15-20(25)17-8-10-18(22)11-9-17;/h6-13H,2-5,14-15H2,1H3;1H. The van der Waals surface area contributed by atoms with Crippen molar-refractivity contribution in [2.24, 2.45) is 4.99 Å². The van der Waals surface area contributed by atoms with Crippen LogP contribution in [0.25, 0.3) is 0 Å². The topological polar surface area (TPSA) is 32.7 Å². The molecule has 0 N–H and O–H groups in total. The third kappa shape index (κ3) is 5.01. The quantitative estimate of drug-likeness (QED) is 0.622. The van der Waals surface area contributed by atoms with Gasteiger partial charge in [0.15, 0.2) is 5.78 Å². The van der Waals surface area contributed by atoms with Crippen molar-refractivity contribution in [3.8, 4) is 0 Å². The van der Waals surface area contributed by atoms with Crippen molar-refractivity contribution in [1.29, 1.82) is 0 Å². The summed E-state index contributed by atoms with van der Waals surface area (Å²) in [7, 11) is 0. The van der Waals surface area contributed by atoms with Crippen LogP contribution in [-0.2, 0) is 6.42 Å². The first-order valence-electron chi connectivity index (χ1n) is 8.86. The van der Waals surface area contributed by atoms with Crippen LogP contribution in [-0.4, -0.2) is 24.7 Å². The highest BCUT2D eigenvalue weighted by molar-refractivity contribution is 8.93. The minimum Gasteiger partial charge on any atom is -0.322 e. The molecule has 0 unspecified atom stereocenters. The Balaban J connectivity index is 0.00000243. The fourth-order valence-corrected chi connectivity index (χ4v) is 3.02. The number of aliphatic imine (C=N–C) groups is 1. The highest BCUT2D eigenvalue weighted by Gasteiger charge is 2.20. The summed E-state index contributed by atoms with van der Waals surface area (Å²) in [6.07, 6.45) is 4.05. The van der Waals surface area contributed by atoms with Crippen LogP contribution in [0.1, 0.15) is 42.1 Å². The van der Waals surface area contributed by atoms with Gasteiger partial charge in [-0.05, 0) is 61.2 Å². The smallest absolute Gasteiger partial charge is 0.182 e. The molecule has 5 heteroatoms. The Bertz CT molecular complexity index is 757. The molecule has 3 nitrogen and oxygen atoms in total.